The lowest BCUT2D eigenvalue weighted by molar-refractivity contribution is -0.114. The number of halogens is 2. The Morgan fingerprint density at radius 2 is 2.00 bits per heavy atom. The summed E-state index contributed by atoms with van der Waals surface area (Å²) in [5, 5.41) is 9.83. The second-order valence-electron chi connectivity index (χ2n) is 3.07. The summed E-state index contributed by atoms with van der Waals surface area (Å²) in [4.78, 5) is 11.1. The first kappa shape index (κ1) is 12.3. The van der Waals surface area contributed by atoms with Crippen molar-refractivity contribution in [3.63, 3.8) is 0 Å². The molecule has 0 aromatic heterocycles. The molecule has 1 unspecified atom stereocenters. The predicted molar refractivity (Wildman–Crippen MR) is 64.1 cm³/mol. The molecule has 4 heteroatoms. The molecule has 0 saturated carbocycles. The van der Waals surface area contributed by atoms with Crippen LogP contribution in [0.5, 0.6) is 0 Å². The fraction of sp³-hybridized carbons (Fsp3) is 0.182. The highest BCUT2D eigenvalue weighted by atomic mass is 127. The quantitative estimate of drug-likeness (QED) is 0.687. The maximum absolute atomic E-state index is 12.6. The van der Waals surface area contributed by atoms with Crippen LogP contribution >= 0.6 is 22.6 Å². The molecular formula is C11H10FIO2. The van der Waals surface area contributed by atoms with Crippen LogP contribution in [0.25, 0.3) is 0 Å². The molecule has 80 valence electrons. The normalized spacial score (nSPS) is 13.7. The van der Waals surface area contributed by atoms with Crippen molar-refractivity contribution in [2.45, 2.75) is 13.0 Å². The van der Waals surface area contributed by atoms with E-state index in [1.165, 1.54) is 35.3 Å². The molecule has 0 aliphatic rings. The topological polar surface area (TPSA) is 37.3 Å². The zero-order valence-corrected chi connectivity index (χ0v) is 10.2. The van der Waals surface area contributed by atoms with Gasteiger partial charge in [0.05, 0.1) is 0 Å². The average molecular weight is 320 g/mol. The van der Waals surface area contributed by atoms with Gasteiger partial charge < -0.3 is 5.11 Å². The number of ketones is 1. The van der Waals surface area contributed by atoms with Crippen LogP contribution in [0.4, 0.5) is 4.39 Å². The summed E-state index contributed by atoms with van der Waals surface area (Å²) in [6.07, 6.45) is -0.986. The van der Waals surface area contributed by atoms with Crippen molar-refractivity contribution in [1.82, 2.24) is 0 Å². The summed E-state index contributed by atoms with van der Waals surface area (Å²) in [5.74, 6) is -0.560. The minimum absolute atomic E-state index is 0.193. The van der Waals surface area contributed by atoms with E-state index >= 15 is 0 Å². The number of aliphatic hydroxyl groups is 1. The molecular weight excluding hydrogens is 310 g/mol. The van der Waals surface area contributed by atoms with Crippen molar-refractivity contribution in [1.29, 1.82) is 0 Å². The fourth-order valence-corrected chi connectivity index (χ4v) is 1.93. The smallest absolute Gasteiger partial charge is 0.159 e. The zero-order chi connectivity index (χ0) is 11.4. The molecule has 0 bridgehead atoms. The Kier molecular flexibility index (Phi) is 4.41. The molecule has 1 atom stereocenters. The van der Waals surface area contributed by atoms with Crippen LogP contribution in [-0.4, -0.2) is 10.9 Å². The van der Waals surface area contributed by atoms with Gasteiger partial charge in [-0.2, -0.15) is 0 Å². The number of hydrogen-bond acceptors (Lipinski definition) is 2. The molecule has 0 saturated heterocycles. The fourth-order valence-electron chi connectivity index (χ4n) is 1.15. The van der Waals surface area contributed by atoms with Crippen LogP contribution < -0.4 is 0 Å². The maximum Gasteiger partial charge on any atom is 0.159 e. The molecule has 15 heavy (non-hydrogen) atoms. The van der Waals surface area contributed by atoms with Gasteiger partial charge in [0.25, 0.3) is 0 Å². The van der Waals surface area contributed by atoms with Crippen LogP contribution in [0.15, 0.2) is 33.9 Å². The molecule has 1 N–H and O–H groups in total. The van der Waals surface area contributed by atoms with Crippen molar-refractivity contribution in [2.24, 2.45) is 0 Å². The molecule has 0 heterocycles. The van der Waals surface area contributed by atoms with Crippen LogP contribution in [0.2, 0.25) is 0 Å². The number of rotatable bonds is 3. The molecule has 0 fully saturated rings. The van der Waals surface area contributed by atoms with Gasteiger partial charge in [-0.05, 0) is 28.7 Å². The van der Waals surface area contributed by atoms with E-state index in [9.17, 15) is 14.3 Å². The number of carbonyl (C=O) groups excluding carboxylic acids is 1. The number of carbonyl (C=O) groups is 1. The molecule has 0 aliphatic heterocycles. The van der Waals surface area contributed by atoms with E-state index in [1.54, 1.807) is 0 Å². The van der Waals surface area contributed by atoms with Gasteiger partial charge in [-0.15, -0.1) is 0 Å². The van der Waals surface area contributed by atoms with Crippen LogP contribution in [0.1, 0.15) is 18.6 Å². The van der Waals surface area contributed by atoms with Gasteiger partial charge in [-0.25, -0.2) is 4.39 Å². The minimum atomic E-state index is -0.986. The minimum Gasteiger partial charge on any atom is -0.384 e. The lowest BCUT2D eigenvalue weighted by Crippen LogP contribution is -2.08. The first-order valence-corrected chi connectivity index (χ1v) is 5.55. The average Bonchev–Trinajstić information content (AvgIpc) is 2.19. The first-order chi connectivity index (χ1) is 7.06. The Hall–Kier alpha value is -0.750. The second-order valence-corrected chi connectivity index (χ2v) is 3.70. The van der Waals surface area contributed by atoms with Crippen LogP contribution in [-0.2, 0) is 4.79 Å². The van der Waals surface area contributed by atoms with Crippen molar-refractivity contribution in [2.75, 3.05) is 0 Å². The third-order valence-corrected chi connectivity index (χ3v) is 2.68. The SMILES string of the molecule is CC(=O)/C(=C\I)C(O)c1ccc(F)cc1. The molecule has 0 aliphatic carbocycles. The highest BCUT2D eigenvalue weighted by Crippen LogP contribution is 2.23. The van der Waals surface area contributed by atoms with Crippen molar-refractivity contribution in [3.05, 3.63) is 45.3 Å². The molecule has 1 rings (SSSR count). The van der Waals surface area contributed by atoms with E-state index in [-0.39, 0.29) is 11.6 Å². The van der Waals surface area contributed by atoms with Crippen LogP contribution in [0.3, 0.4) is 0 Å². The van der Waals surface area contributed by atoms with E-state index in [4.69, 9.17) is 0 Å². The van der Waals surface area contributed by atoms with E-state index < -0.39 is 6.10 Å². The number of aliphatic hydroxyl groups excluding tert-OH is 1. The van der Waals surface area contributed by atoms with Crippen molar-refractivity contribution in [3.8, 4) is 0 Å². The highest BCUT2D eigenvalue weighted by Gasteiger charge is 2.16. The Bertz CT molecular complexity index is 384. The van der Waals surface area contributed by atoms with E-state index in [0.717, 1.165) is 0 Å². The molecule has 0 amide bonds. The predicted octanol–water partition coefficient (Wildman–Crippen LogP) is 2.77. The number of Topliss-reactive ketones (excluding diaryl/α,β-unsaturated/α-hetero) is 1. The summed E-state index contributed by atoms with van der Waals surface area (Å²) in [6, 6.07) is 5.43. The van der Waals surface area contributed by atoms with E-state index in [1.807, 2.05) is 22.6 Å². The summed E-state index contributed by atoms with van der Waals surface area (Å²) < 4.78 is 14.2. The third-order valence-electron chi connectivity index (χ3n) is 2.00. The van der Waals surface area contributed by atoms with E-state index in [2.05, 4.69) is 0 Å². The first-order valence-electron chi connectivity index (χ1n) is 4.31. The molecule has 1 aromatic rings. The van der Waals surface area contributed by atoms with E-state index in [0.29, 0.717) is 11.1 Å². The standard InChI is InChI=1S/C11H10FIO2/c1-7(14)10(6-13)11(15)8-2-4-9(12)5-3-8/h2-6,11,15H,1H3/b10-6+. The lowest BCUT2D eigenvalue weighted by Gasteiger charge is -2.11. The van der Waals surface area contributed by atoms with Gasteiger partial charge in [0, 0.05) is 5.57 Å². The Balaban J connectivity index is 2.98. The van der Waals surface area contributed by atoms with Gasteiger partial charge in [0.15, 0.2) is 5.78 Å². The molecule has 1 aromatic carbocycles. The summed E-state index contributed by atoms with van der Waals surface area (Å²) in [5.41, 5.74) is 0.816. The van der Waals surface area contributed by atoms with Gasteiger partial charge in [0.2, 0.25) is 0 Å². The Labute approximate surface area is 101 Å². The summed E-state index contributed by atoms with van der Waals surface area (Å²) >= 11 is 1.90. The van der Waals surface area contributed by atoms with Crippen molar-refractivity contribution < 1.29 is 14.3 Å². The monoisotopic (exact) mass is 320 g/mol. The summed E-state index contributed by atoms with van der Waals surface area (Å²) in [7, 11) is 0. The second kappa shape index (κ2) is 5.37. The van der Waals surface area contributed by atoms with Gasteiger partial charge >= 0.3 is 0 Å². The van der Waals surface area contributed by atoms with Crippen molar-refractivity contribution >= 4 is 28.4 Å². The van der Waals surface area contributed by atoms with Crippen LogP contribution in [0, 0.1) is 5.82 Å². The maximum atomic E-state index is 12.6. The zero-order valence-electron chi connectivity index (χ0n) is 8.08. The Morgan fingerprint density at radius 1 is 1.47 bits per heavy atom. The Morgan fingerprint density at radius 3 is 2.40 bits per heavy atom. The highest BCUT2D eigenvalue weighted by molar-refractivity contribution is 14.1. The summed E-state index contributed by atoms with van der Waals surface area (Å²) in [6.45, 7) is 1.39. The number of benzene rings is 1. The third kappa shape index (κ3) is 3.10. The largest absolute Gasteiger partial charge is 0.384 e. The van der Waals surface area contributed by atoms with Gasteiger partial charge in [-0.3, -0.25) is 4.79 Å². The number of hydrogen-bond donors (Lipinski definition) is 1. The van der Waals surface area contributed by atoms with Gasteiger partial charge in [0.1, 0.15) is 11.9 Å². The molecule has 0 radical (unpaired) electrons. The molecule has 2 nitrogen and oxygen atoms in total. The van der Waals surface area contributed by atoms with Gasteiger partial charge in [-0.1, -0.05) is 34.7 Å². The lowest BCUT2D eigenvalue weighted by atomic mass is 10.0. The molecule has 0 spiro atoms.